The van der Waals surface area contributed by atoms with Crippen LogP contribution in [-0.4, -0.2) is 47.7 Å². The fourth-order valence-corrected chi connectivity index (χ4v) is 4.16. The number of carbonyl (C=O) groups excluding carboxylic acids is 1. The monoisotopic (exact) mass is 436 g/mol. The molecule has 1 aliphatic rings. The van der Waals surface area contributed by atoms with Gasteiger partial charge in [0.1, 0.15) is 0 Å². The second-order valence-corrected chi connectivity index (χ2v) is 8.17. The number of nitrogens with one attached hydrogen (secondary N) is 2. The number of aromatic nitrogens is 2. The Balaban J connectivity index is 1.35. The van der Waals surface area contributed by atoms with Crippen LogP contribution in [0.3, 0.4) is 0 Å². The fourth-order valence-electron chi connectivity index (χ4n) is 3.25. The molecule has 0 saturated carbocycles. The molecule has 0 atom stereocenters. The first kappa shape index (κ1) is 20.8. The van der Waals surface area contributed by atoms with E-state index in [2.05, 4.69) is 25.5 Å². The lowest BCUT2D eigenvalue weighted by atomic mass is 10.2. The van der Waals surface area contributed by atoms with E-state index in [0.717, 1.165) is 35.8 Å². The summed E-state index contributed by atoms with van der Waals surface area (Å²) in [6.45, 7) is 2.12. The van der Waals surface area contributed by atoms with Crippen LogP contribution in [0.25, 0.3) is 11.4 Å². The minimum Gasteiger partial charge on any atom is -0.491 e. The molecule has 2 amide bonds. The average molecular weight is 437 g/mol. The molecule has 0 radical (unpaired) electrons. The summed E-state index contributed by atoms with van der Waals surface area (Å²) in [5.41, 5.74) is 9.21. The van der Waals surface area contributed by atoms with Crippen molar-refractivity contribution in [2.75, 3.05) is 53.0 Å². The normalized spacial score (nSPS) is 13.5. The third kappa shape index (κ3) is 5.18. The van der Waals surface area contributed by atoms with Gasteiger partial charge in [-0.3, -0.25) is 0 Å². The van der Waals surface area contributed by atoms with E-state index in [9.17, 15) is 4.79 Å². The van der Waals surface area contributed by atoms with Crippen LogP contribution in [-0.2, 0) is 0 Å². The highest BCUT2D eigenvalue weighted by Gasteiger charge is 2.11. The zero-order valence-electron chi connectivity index (χ0n) is 17.2. The first-order valence-corrected chi connectivity index (χ1v) is 11.1. The minimum absolute atomic E-state index is 0.277. The third-order valence-corrected chi connectivity index (χ3v) is 5.85. The first-order chi connectivity index (χ1) is 15.1. The van der Waals surface area contributed by atoms with Crippen molar-refractivity contribution in [1.29, 1.82) is 0 Å². The molecule has 3 aromatic rings. The molecule has 0 aliphatic carbocycles. The maximum absolute atomic E-state index is 12.3. The first-order valence-electron chi connectivity index (χ1n) is 9.90. The highest BCUT2D eigenvalue weighted by Crippen LogP contribution is 2.24. The number of anilines is 4. The molecule has 8 nitrogen and oxygen atoms in total. The van der Waals surface area contributed by atoms with Crippen molar-refractivity contribution in [3.05, 3.63) is 54.7 Å². The molecule has 9 heteroatoms. The number of hydrogen-bond acceptors (Lipinski definition) is 7. The molecule has 4 rings (SSSR count). The van der Waals surface area contributed by atoms with E-state index in [1.165, 1.54) is 19.0 Å². The number of hydrogen-bond donors (Lipinski definition) is 3. The number of benzene rings is 2. The van der Waals surface area contributed by atoms with Gasteiger partial charge in [0.05, 0.1) is 13.3 Å². The summed E-state index contributed by atoms with van der Waals surface area (Å²) in [6.07, 6.45) is 1.53. The molecule has 0 spiro atoms. The van der Waals surface area contributed by atoms with E-state index in [-0.39, 0.29) is 11.8 Å². The summed E-state index contributed by atoms with van der Waals surface area (Å²) >= 11 is 1.98. The van der Waals surface area contributed by atoms with Crippen LogP contribution in [0.15, 0.2) is 54.7 Å². The zero-order chi connectivity index (χ0) is 21.6. The number of amides is 2. The Morgan fingerprint density at radius 3 is 2.23 bits per heavy atom. The quantitative estimate of drug-likeness (QED) is 0.556. The van der Waals surface area contributed by atoms with Gasteiger partial charge in [0, 0.05) is 47.2 Å². The van der Waals surface area contributed by atoms with Crippen molar-refractivity contribution in [1.82, 2.24) is 9.97 Å². The van der Waals surface area contributed by atoms with Crippen LogP contribution >= 0.6 is 11.8 Å². The number of ether oxygens (including phenoxy) is 1. The number of methoxy groups -OCH3 is 1. The van der Waals surface area contributed by atoms with Crippen molar-refractivity contribution >= 4 is 40.7 Å². The number of rotatable bonds is 5. The van der Waals surface area contributed by atoms with Crippen molar-refractivity contribution in [3.63, 3.8) is 0 Å². The van der Waals surface area contributed by atoms with Gasteiger partial charge in [-0.2, -0.15) is 11.8 Å². The third-order valence-electron chi connectivity index (χ3n) is 4.91. The largest absolute Gasteiger partial charge is 0.491 e. The van der Waals surface area contributed by atoms with E-state index >= 15 is 0 Å². The topological polar surface area (TPSA) is 105 Å². The van der Waals surface area contributed by atoms with E-state index in [4.69, 9.17) is 10.5 Å². The van der Waals surface area contributed by atoms with Crippen LogP contribution in [0.1, 0.15) is 0 Å². The summed E-state index contributed by atoms with van der Waals surface area (Å²) in [6, 6.07) is 14.8. The molecule has 0 bridgehead atoms. The van der Waals surface area contributed by atoms with Gasteiger partial charge in [-0.15, -0.1) is 0 Å². The molecule has 4 N–H and O–H groups in total. The van der Waals surface area contributed by atoms with Crippen molar-refractivity contribution in [3.8, 4) is 17.1 Å². The van der Waals surface area contributed by atoms with Gasteiger partial charge < -0.3 is 26.0 Å². The van der Waals surface area contributed by atoms with Gasteiger partial charge in [-0.1, -0.05) is 0 Å². The molecule has 31 heavy (non-hydrogen) atoms. The average Bonchev–Trinajstić information content (AvgIpc) is 2.80. The molecule has 1 fully saturated rings. The van der Waals surface area contributed by atoms with Gasteiger partial charge in [0.15, 0.2) is 17.4 Å². The summed E-state index contributed by atoms with van der Waals surface area (Å²) < 4.78 is 5.08. The summed E-state index contributed by atoms with van der Waals surface area (Å²) in [4.78, 5) is 23.2. The smallest absolute Gasteiger partial charge is 0.323 e. The van der Waals surface area contributed by atoms with Crippen molar-refractivity contribution in [2.45, 2.75) is 0 Å². The van der Waals surface area contributed by atoms with Crippen molar-refractivity contribution in [2.24, 2.45) is 0 Å². The molecule has 0 unspecified atom stereocenters. The van der Waals surface area contributed by atoms with Crippen LogP contribution in [0.4, 0.5) is 27.7 Å². The maximum atomic E-state index is 12.3. The van der Waals surface area contributed by atoms with Crippen LogP contribution < -0.4 is 26.0 Å². The fraction of sp³-hybridized carbons (Fsp3) is 0.227. The predicted octanol–water partition coefficient (Wildman–Crippen LogP) is 3.93. The second kappa shape index (κ2) is 9.57. The maximum Gasteiger partial charge on any atom is 0.323 e. The van der Waals surface area contributed by atoms with Crippen LogP contribution in [0.5, 0.6) is 5.75 Å². The molecule has 2 heterocycles. The molecule has 1 aliphatic heterocycles. The van der Waals surface area contributed by atoms with Crippen LogP contribution in [0, 0.1) is 0 Å². The van der Waals surface area contributed by atoms with E-state index in [1.807, 2.05) is 48.2 Å². The molecular weight excluding hydrogens is 412 g/mol. The number of nitrogen functional groups attached to an aromatic ring is 1. The van der Waals surface area contributed by atoms with E-state index in [0.29, 0.717) is 17.3 Å². The Bertz CT molecular complexity index is 1040. The Morgan fingerprint density at radius 2 is 1.65 bits per heavy atom. The summed E-state index contributed by atoms with van der Waals surface area (Å²) in [7, 11) is 1.52. The number of carbonyl (C=O) groups is 1. The van der Waals surface area contributed by atoms with Crippen LogP contribution in [0.2, 0.25) is 0 Å². The second-order valence-electron chi connectivity index (χ2n) is 6.95. The number of nitrogens with zero attached hydrogens (tertiary/aromatic N) is 3. The lowest BCUT2D eigenvalue weighted by Gasteiger charge is -2.28. The zero-order valence-corrected chi connectivity index (χ0v) is 18.0. The SMILES string of the molecule is COc1cnc(-c2ccc(NC(=O)Nc3ccc(N4CCSCC4)cc3)cc2)nc1N. The predicted molar refractivity (Wildman–Crippen MR) is 127 cm³/mol. The number of thioether (sulfide) groups is 1. The van der Waals surface area contributed by atoms with E-state index in [1.54, 1.807) is 12.1 Å². The lowest BCUT2D eigenvalue weighted by molar-refractivity contribution is 0.262. The van der Waals surface area contributed by atoms with Gasteiger partial charge in [0.2, 0.25) is 0 Å². The Hall–Kier alpha value is -3.46. The van der Waals surface area contributed by atoms with Gasteiger partial charge in [-0.05, 0) is 48.5 Å². The molecular formula is C22H24N6O2S. The molecule has 1 saturated heterocycles. The minimum atomic E-state index is -0.306. The van der Waals surface area contributed by atoms with E-state index < -0.39 is 0 Å². The highest BCUT2D eigenvalue weighted by atomic mass is 32.2. The van der Waals surface area contributed by atoms with Gasteiger partial charge in [0.25, 0.3) is 0 Å². The molecule has 1 aromatic heterocycles. The Morgan fingerprint density at radius 1 is 1.03 bits per heavy atom. The highest BCUT2D eigenvalue weighted by molar-refractivity contribution is 7.99. The summed E-state index contributed by atoms with van der Waals surface area (Å²) in [5, 5.41) is 5.69. The number of nitrogens with two attached hydrogens (primary N) is 1. The molecule has 160 valence electrons. The lowest BCUT2D eigenvalue weighted by Crippen LogP contribution is -2.32. The number of urea groups is 1. The standard InChI is InChI=1S/C22H24N6O2S/c1-30-19-14-24-21(27-20(19)23)15-2-4-16(5-3-15)25-22(29)26-17-6-8-18(9-7-17)28-10-12-31-13-11-28/h2-9,14H,10-13H2,1H3,(H2,23,24,27)(H2,25,26,29). The Labute approximate surface area is 185 Å². The Kier molecular flexibility index (Phi) is 6.42. The molecule has 2 aromatic carbocycles. The van der Waals surface area contributed by atoms with Crippen molar-refractivity contribution < 1.29 is 9.53 Å². The van der Waals surface area contributed by atoms with Gasteiger partial charge >= 0.3 is 6.03 Å². The van der Waals surface area contributed by atoms with Gasteiger partial charge in [-0.25, -0.2) is 14.8 Å². The summed E-state index contributed by atoms with van der Waals surface area (Å²) in [5.74, 6) is 3.50.